The van der Waals surface area contributed by atoms with Gasteiger partial charge >= 0.3 is 0 Å². The molecular weight excluding hydrogens is 503 g/mol. The van der Waals surface area contributed by atoms with Gasteiger partial charge in [0.25, 0.3) is 0 Å². The molecule has 0 aromatic heterocycles. The largest absolute Gasteiger partial charge is 0.457 e. The molecule has 0 fully saturated rings. The van der Waals surface area contributed by atoms with Crippen LogP contribution in [0, 0.1) is 5.82 Å². The Kier molecular flexibility index (Phi) is 7.69. The number of nitrogens with zero attached hydrogens (tertiary/aromatic N) is 1. The van der Waals surface area contributed by atoms with E-state index in [4.69, 9.17) is 22.1 Å². The number of carbonyl (C=O) groups is 1. The summed E-state index contributed by atoms with van der Waals surface area (Å²) in [6.07, 6.45) is 0. The first-order valence-electron chi connectivity index (χ1n) is 10.9. The van der Waals surface area contributed by atoms with E-state index in [1.165, 1.54) is 48.5 Å². The number of halogens is 2. The Morgan fingerprint density at radius 1 is 0.889 bits per heavy atom. The van der Waals surface area contributed by atoms with Gasteiger partial charge in [0.05, 0.1) is 4.90 Å². The smallest absolute Gasteiger partial charge is 0.244 e. The Hall–Kier alpha value is -3.72. The van der Waals surface area contributed by atoms with Gasteiger partial charge in [-0.25, -0.2) is 12.8 Å². The van der Waals surface area contributed by atoms with Crippen LogP contribution in [0.25, 0.3) is 0 Å². The van der Waals surface area contributed by atoms with E-state index in [1.807, 2.05) is 0 Å². The number of amides is 1. The topological polar surface area (TPSA) is 89.7 Å². The molecule has 9 heteroatoms. The zero-order chi connectivity index (χ0) is 25.7. The van der Waals surface area contributed by atoms with Crippen LogP contribution < -0.4 is 10.5 Å². The van der Waals surface area contributed by atoms with Gasteiger partial charge in [0.15, 0.2) is 0 Å². The Morgan fingerprint density at radius 3 is 2.19 bits per heavy atom. The second-order valence-corrected chi connectivity index (χ2v) is 10.3. The minimum Gasteiger partial charge on any atom is -0.457 e. The maximum absolute atomic E-state index is 13.8. The fraction of sp³-hybridized carbons (Fsp3) is 0.0741. The zero-order valence-corrected chi connectivity index (χ0v) is 20.5. The molecule has 184 valence electrons. The SMILES string of the molecule is NC(=O)[C@@H](c1ccccc1)N(Cc1cccc(Oc2ccc(F)cc2)c1)S(=O)(=O)c1ccc(Cl)cc1. The molecule has 0 unspecified atom stereocenters. The number of primary amides is 1. The molecule has 0 aliphatic rings. The Morgan fingerprint density at radius 2 is 1.56 bits per heavy atom. The minimum absolute atomic E-state index is 0.0344. The lowest BCUT2D eigenvalue weighted by Gasteiger charge is -2.29. The Bertz CT molecular complexity index is 1450. The van der Waals surface area contributed by atoms with E-state index >= 15 is 0 Å². The maximum atomic E-state index is 13.8. The maximum Gasteiger partial charge on any atom is 0.244 e. The van der Waals surface area contributed by atoms with E-state index in [-0.39, 0.29) is 11.4 Å². The third kappa shape index (κ3) is 5.91. The van der Waals surface area contributed by atoms with E-state index < -0.39 is 27.8 Å². The summed E-state index contributed by atoms with van der Waals surface area (Å²) in [6.45, 7) is -0.173. The van der Waals surface area contributed by atoms with E-state index in [0.717, 1.165) is 4.31 Å². The van der Waals surface area contributed by atoms with Crippen LogP contribution in [0.3, 0.4) is 0 Å². The van der Waals surface area contributed by atoms with Gasteiger partial charge in [-0.3, -0.25) is 4.79 Å². The lowest BCUT2D eigenvalue weighted by Crippen LogP contribution is -2.41. The van der Waals surface area contributed by atoms with Crippen LogP contribution in [0.15, 0.2) is 108 Å². The van der Waals surface area contributed by atoms with Crippen molar-refractivity contribution in [2.24, 2.45) is 5.73 Å². The average Bonchev–Trinajstić information content (AvgIpc) is 2.86. The number of rotatable bonds is 9. The molecule has 4 aromatic rings. The van der Waals surface area contributed by atoms with Crippen molar-refractivity contribution in [2.75, 3.05) is 0 Å². The number of benzene rings is 4. The van der Waals surface area contributed by atoms with Gasteiger partial charge in [0, 0.05) is 11.6 Å². The molecule has 1 atom stereocenters. The van der Waals surface area contributed by atoms with Crippen molar-refractivity contribution < 1.29 is 22.3 Å². The summed E-state index contributed by atoms with van der Waals surface area (Å²) >= 11 is 5.96. The van der Waals surface area contributed by atoms with Gasteiger partial charge in [0.2, 0.25) is 15.9 Å². The van der Waals surface area contributed by atoms with Crippen molar-refractivity contribution in [3.05, 3.63) is 125 Å². The fourth-order valence-corrected chi connectivity index (χ4v) is 5.39. The summed E-state index contributed by atoms with van der Waals surface area (Å²) < 4.78 is 47.6. The number of carbonyl (C=O) groups excluding carboxylic acids is 1. The van der Waals surface area contributed by atoms with Crippen LogP contribution in [0.1, 0.15) is 17.2 Å². The van der Waals surface area contributed by atoms with Crippen molar-refractivity contribution in [1.82, 2.24) is 4.31 Å². The second kappa shape index (κ2) is 10.9. The quantitative estimate of drug-likeness (QED) is 0.304. The highest BCUT2D eigenvalue weighted by atomic mass is 35.5. The van der Waals surface area contributed by atoms with Crippen LogP contribution in [0.2, 0.25) is 5.02 Å². The number of ether oxygens (including phenoxy) is 1. The predicted molar refractivity (Wildman–Crippen MR) is 135 cm³/mol. The van der Waals surface area contributed by atoms with E-state index in [2.05, 4.69) is 0 Å². The van der Waals surface area contributed by atoms with Crippen molar-refractivity contribution in [1.29, 1.82) is 0 Å². The number of hydrogen-bond donors (Lipinski definition) is 1. The summed E-state index contributed by atoms with van der Waals surface area (Å²) in [4.78, 5) is 12.6. The summed E-state index contributed by atoms with van der Waals surface area (Å²) in [5.41, 5.74) is 6.73. The van der Waals surface area contributed by atoms with E-state index in [9.17, 15) is 17.6 Å². The van der Waals surface area contributed by atoms with Gasteiger partial charge in [0.1, 0.15) is 23.4 Å². The average molecular weight is 525 g/mol. The summed E-state index contributed by atoms with van der Waals surface area (Å²) in [5, 5.41) is 0.376. The van der Waals surface area contributed by atoms with E-state index in [0.29, 0.717) is 27.6 Å². The molecule has 0 aliphatic carbocycles. The molecule has 0 heterocycles. The molecule has 4 rings (SSSR count). The first-order valence-corrected chi connectivity index (χ1v) is 12.7. The van der Waals surface area contributed by atoms with Crippen LogP contribution in [-0.2, 0) is 21.4 Å². The van der Waals surface area contributed by atoms with Crippen LogP contribution in [0.5, 0.6) is 11.5 Å². The Labute approximate surface area is 213 Å². The van der Waals surface area contributed by atoms with Crippen LogP contribution >= 0.6 is 11.6 Å². The molecule has 0 spiro atoms. The molecule has 4 aromatic carbocycles. The molecule has 1 amide bonds. The van der Waals surface area contributed by atoms with Crippen LogP contribution in [-0.4, -0.2) is 18.6 Å². The molecule has 0 aliphatic heterocycles. The van der Waals surface area contributed by atoms with Gasteiger partial charge in [-0.2, -0.15) is 4.31 Å². The standard InChI is InChI=1S/C27H22ClFN2O4S/c28-21-9-15-25(16-10-21)36(33,34)31(26(27(30)32)20-6-2-1-3-7-20)18-19-5-4-8-24(17-19)35-23-13-11-22(29)12-14-23/h1-17,26H,18H2,(H2,30,32)/t26-/m1/s1. The van der Waals surface area contributed by atoms with Crippen molar-refractivity contribution in [3.8, 4) is 11.5 Å². The van der Waals surface area contributed by atoms with Crippen molar-refractivity contribution in [3.63, 3.8) is 0 Å². The molecule has 0 bridgehead atoms. The number of sulfonamides is 1. The number of hydrogen-bond acceptors (Lipinski definition) is 4. The third-order valence-electron chi connectivity index (χ3n) is 5.38. The minimum atomic E-state index is -4.19. The Balaban J connectivity index is 1.74. The first-order chi connectivity index (χ1) is 17.2. The summed E-state index contributed by atoms with van der Waals surface area (Å²) in [6, 6.07) is 25.1. The molecule has 0 saturated carbocycles. The third-order valence-corrected chi connectivity index (χ3v) is 7.46. The number of nitrogens with two attached hydrogens (primary N) is 1. The lowest BCUT2D eigenvalue weighted by atomic mass is 10.1. The fourth-order valence-electron chi connectivity index (χ4n) is 3.69. The molecule has 2 N–H and O–H groups in total. The normalized spacial score (nSPS) is 12.3. The molecule has 36 heavy (non-hydrogen) atoms. The predicted octanol–water partition coefficient (Wildman–Crippen LogP) is 5.69. The second-order valence-electron chi connectivity index (χ2n) is 7.92. The summed E-state index contributed by atoms with van der Waals surface area (Å²) in [7, 11) is -4.19. The van der Waals surface area contributed by atoms with Gasteiger partial charge < -0.3 is 10.5 Å². The lowest BCUT2D eigenvalue weighted by molar-refractivity contribution is -0.122. The van der Waals surface area contributed by atoms with Crippen molar-refractivity contribution in [2.45, 2.75) is 17.5 Å². The van der Waals surface area contributed by atoms with Gasteiger partial charge in [-0.15, -0.1) is 0 Å². The van der Waals surface area contributed by atoms with E-state index in [1.54, 1.807) is 54.6 Å². The highest BCUT2D eigenvalue weighted by Crippen LogP contribution is 2.31. The first kappa shape index (κ1) is 25.4. The molecular formula is C27H22ClFN2O4S. The zero-order valence-electron chi connectivity index (χ0n) is 18.9. The molecule has 0 radical (unpaired) electrons. The highest BCUT2D eigenvalue weighted by Gasteiger charge is 2.36. The summed E-state index contributed by atoms with van der Waals surface area (Å²) in [5.74, 6) is -0.383. The van der Waals surface area contributed by atoms with Crippen molar-refractivity contribution >= 4 is 27.5 Å². The van der Waals surface area contributed by atoms with Gasteiger partial charge in [-0.05, 0) is 71.8 Å². The molecule has 0 saturated heterocycles. The monoisotopic (exact) mass is 524 g/mol. The highest BCUT2D eigenvalue weighted by molar-refractivity contribution is 7.89. The van der Waals surface area contributed by atoms with Crippen LogP contribution in [0.4, 0.5) is 4.39 Å². The molecule has 6 nitrogen and oxygen atoms in total. The van der Waals surface area contributed by atoms with Gasteiger partial charge in [-0.1, -0.05) is 54.1 Å².